The van der Waals surface area contributed by atoms with Crippen LogP contribution in [0.3, 0.4) is 0 Å². The third-order valence-corrected chi connectivity index (χ3v) is 2.91. The van der Waals surface area contributed by atoms with Gasteiger partial charge in [0.1, 0.15) is 0 Å². The van der Waals surface area contributed by atoms with E-state index in [0.717, 1.165) is 17.1 Å². The van der Waals surface area contributed by atoms with E-state index in [-0.39, 0.29) is 19.3 Å². The Balaban J connectivity index is 1.88. The molecule has 19 heavy (non-hydrogen) atoms. The minimum absolute atomic E-state index is 0.252. The Bertz CT molecular complexity index is 474. The van der Waals surface area contributed by atoms with Crippen LogP contribution >= 0.6 is 0 Å². The van der Waals surface area contributed by atoms with Crippen LogP contribution in [0.25, 0.3) is 0 Å². The van der Waals surface area contributed by atoms with Gasteiger partial charge in [0.2, 0.25) is 12.7 Å². The summed E-state index contributed by atoms with van der Waals surface area (Å²) in [5, 5.41) is 0. The van der Waals surface area contributed by atoms with Gasteiger partial charge in [-0.2, -0.15) is 0 Å². The highest BCUT2D eigenvalue weighted by molar-refractivity contribution is 5.81. The van der Waals surface area contributed by atoms with Gasteiger partial charge < -0.3 is 14.2 Å². The first-order valence-electron chi connectivity index (χ1n) is 6.00. The van der Waals surface area contributed by atoms with E-state index in [9.17, 15) is 4.79 Å². The highest BCUT2D eigenvalue weighted by Crippen LogP contribution is 2.32. The molecule has 2 rings (SSSR count). The third kappa shape index (κ3) is 3.15. The Labute approximate surface area is 111 Å². The van der Waals surface area contributed by atoms with Gasteiger partial charge in [0.15, 0.2) is 11.5 Å². The van der Waals surface area contributed by atoms with Crippen LogP contribution in [0.4, 0.5) is 0 Å². The summed E-state index contributed by atoms with van der Waals surface area (Å²) in [4.78, 5) is 11.5. The minimum atomic E-state index is -0.662. The van der Waals surface area contributed by atoms with E-state index in [2.05, 4.69) is 5.43 Å². The zero-order valence-electron chi connectivity index (χ0n) is 11.1. The fourth-order valence-corrected chi connectivity index (χ4v) is 1.72. The third-order valence-electron chi connectivity index (χ3n) is 2.91. The molecule has 1 amide bonds. The molecule has 0 saturated carbocycles. The van der Waals surface area contributed by atoms with E-state index in [1.165, 1.54) is 0 Å². The van der Waals surface area contributed by atoms with Gasteiger partial charge in [0.05, 0.1) is 18.6 Å². The molecule has 0 unspecified atom stereocenters. The maximum absolute atomic E-state index is 11.5. The van der Waals surface area contributed by atoms with Crippen molar-refractivity contribution in [1.29, 1.82) is 0 Å². The molecule has 1 heterocycles. The zero-order valence-corrected chi connectivity index (χ0v) is 11.1. The predicted molar refractivity (Wildman–Crippen MR) is 68.3 cm³/mol. The van der Waals surface area contributed by atoms with Crippen molar-refractivity contribution < 1.29 is 19.0 Å². The number of amides is 1. The molecular weight excluding hydrogens is 248 g/mol. The summed E-state index contributed by atoms with van der Waals surface area (Å²) < 4.78 is 16.1. The maximum Gasteiger partial charge on any atom is 0.241 e. The summed E-state index contributed by atoms with van der Waals surface area (Å²) in [5.41, 5.74) is 2.44. The molecule has 0 bridgehead atoms. The van der Waals surface area contributed by atoms with Gasteiger partial charge >= 0.3 is 0 Å². The molecule has 1 aliphatic rings. The quantitative estimate of drug-likeness (QED) is 0.471. The molecule has 0 saturated heterocycles. The lowest BCUT2D eigenvalue weighted by Gasteiger charge is -2.21. The van der Waals surface area contributed by atoms with Gasteiger partial charge in [-0.15, -0.1) is 0 Å². The molecule has 1 aliphatic heterocycles. The number of carbonyl (C=O) groups is 1. The van der Waals surface area contributed by atoms with Crippen molar-refractivity contribution in [3.05, 3.63) is 23.8 Å². The second-order valence-corrected chi connectivity index (χ2v) is 5.04. The summed E-state index contributed by atoms with van der Waals surface area (Å²) in [5.74, 6) is 6.33. The number of carbonyl (C=O) groups excluding carboxylic acids is 1. The summed E-state index contributed by atoms with van der Waals surface area (Å²) >= 11 is 0. The monoisotopic (exact) mass is 266 g/mol. The van der Waals surface area contributed by atoms with Gasteiger partial charge in [-0.25, -0.2) is 5.84 Å². The fourth-order valence-electron chi connectivity index (χ4n) is 1.72. The van der Waals surface area contributed by atoms with Gasteiger partial charge in [-0.05, 0) is 31.5 Å². The Morgan fingerprint density at radius 2 is 2.16 bits per heavy atom. The number of fused-ring (bicyclic) bond motifs is 1. The molecule has 0 atom stereocenters. The van der Waals surface area contributed by atoms with Crippen LogP contribution < -0.4 is 20.7 Å². The number of nitrogens with two attached hydrogens (primary N) is 1. The van der Waals surface area contributed by atoms with E-state index in [1.807, 2.05) is 18.2 Å². The van der Waals surface area contributed by atoms with Crippen molar-refractivity contribution >= 4 is 5.91 Å². The Morgan fingerprint density at radius 1 is 1.42 bits per heavy atom. The number of nitrogens with one attached hydrogen (secondary N) is 1. The van der Waals surface area contributed by atoms with Crippen molar-refractivity contribution in [1.82, 2.24) is 5.43 Å². The summed E-state index contributed by atoms with van der Waals surface area (Å²) in [6.45, 7) is 4.48. The van der Waals surface area contributed by atoms with Crippen molar-refractivity contribution in [2.75, 3.05) is 13.4 Å². The van der Waals surface area contributed by atoms with Crippen LogP contribution in [0.5, 0.6) is 11.5 Å². The average molecular weight is 266 g/mol. The standard InChI is InChI=1S/C13H18N2O4/c1-13(2,12(16)15-14)7-17-6-9-3-4-10-11(5-9)19-8-18-10/h3-5H,6-8,14H2,1-2H3,(H,15,16). The first-order chi connectivity index (χ1) is 9.03. The molecule has 1 aromatic rings. The Hall–Kier alpha value is -1.79. The molecule has 1 aromatic carbocycles. The van der Waals surface area contributed by atoms with E-state index < -0.39 is 5.41 Å². The highest BCUT2D eigenvalue weighted by atomic mass is 16.7. The number of benzene rings is 1. The van der Waals surface area contributed by atoms with Crippen molar-refractivity contribution in [3.8, 4) is 11.5 Å². The summed E-state index contributed by atoms with van der Waals surface area (Å²) in [6.07, 6.45) is 0. The molecule has 3 N–H and O–H groups in total. The first kappa shape index (κ1) is 13.6. The fraction of sp³-hybridized carbons (Fsp3) is 0.462. The second kappa shape index (κ2) is 5.46. The Morgan fingerprint density at radius 3 is 2.89 bits per heavy atom. The van der Waals surface area contributed by atoms with E-state index >= 15 is 0 Å². The number of hydrogen-bond donors (Lipinski definition) is 2. The Kier molecular flexibility index (Phi) is 3.92. The SMILES string of the molecule is CC(C)(COCc1ccc2c(c1)OCO2)C(=O)NN. The van der Waals surface area contributed by atoms with Crippen LogP contribution in [-0.4, -0.2) is 19.3 Å². The molecule has 0 aromatic heterocycles. The van der Waals surface area contributed by atoms with Crippen molar-refractivity contribution in [2.24, 2.45) is 11.3 Å². The van der Waals surface area contributed by atoms with Gasteiger partial charge in [0, 0.05) is 0 Å². The van der Waals surface area contributed by atoms with E-state index in [1.54, 1.807) is 13.8 Å². The second-order valence-electron chi connectivity index (χ2n) is 5.04. The predicted octanol–water partition coefficient (Wildman–Crippen LogP) is 0.948. The van der Waals surface area contributed by atoms with Crippen LogP contribution in [-0.2, 0) is 16.1 Å². The average Bonchev–Trinajstić information content (AvgIpc) is 2.84. The number of rotatable bonds is 5. The topological polar surface area (TPSA) is 82.8 Å². The molecule has 0 spiro atoms. The highest BCUT2D eigenvalue weighted by Gasteiger charge is 2.27. The van der Waals surface area contributed by atoms with E-state index in [4.69, 9.17) is 20.1 Å². The molecule has 0 aliphatic carbocycles. The van der Waals surface area contributed by atoms with Gasteiger partial charge in [0.25, 0.3) is 0 Å². The smallest absolute Gasteiger partial charge is 0.241 e. The normalized spacial score (nSPS) is 13.4. The molecular formula is C13H18N2O4. The van der Waals surface area contributed by atoms with Crippen molar-refractivity contribution in [2.45, 2.75) is 20.5 Å². The first-order valence-corrected chi connectivity index (χ1v) is 6.00. The van der Waals surface area contributed by atoms with Crippen LogP contribution in [0.1, 0.15) is 19.4 Å². The van der Waals surface area contributed by atoms with Gasteiger partial charge in [-0.3, -0.25) is 10.2 Å². The zero-order chi connectivity index (χ0) is 13.9. The number of hydrogen-bond acceptors (Lipinski definition) is 5. The van der Waals surface area contributed by atoms with Crippen molar-refractivity contribution in [3.63, 3.8) is 0 Å². The van der Waals surface area contributed by atoms with Gasteiger partial charge in [-0.1, -0.05) is 6.07 Å². The largest absolute Gasteiger partial charge is 0.454 e. The van der Waals surface area contributed by atoms with Crippen LogP contribution in [0.15, 0.2) is 18.2 Å². The minimum Gasteiger partial charge on any atom is -0.454 e. The lowest BCUT2D eigenvalue weighted by Crippen LogP contribution is -2.43. The molecule has 0 radical (unpaired) electrons. The van der Waals surface area contributed by atoms with Crippen LogP contribution in [0.2, 0.25) is 0 Å². The van der Waals surface area contributed by atoms with E-state index in [0.29, 0.717) is 6.61 Å². The lowest BCUT2D eigenvalue weighted by molar-refractivity contribution is -0.132. The molecule has 6 heteroatoms. The summed E-state index contributed by atoms with van der Waals surface area (Å²) in [7, 11) is 0. The van der Waals surface area contributed by atoms with Crippen LogP contribution in [0, 0.1) is 5.41 Å². The number of ether oxygens (including phenoxy) is 3. The molecule has 104 valence electrons. The summed E-state index contributed by atoms with van der Waals surface area (Å²) in [6, 6.07) is 5.63. The maximum atomic E-state index is 11.5. The molecule has 0 fully saturated rings. The number of hydrazine groups is 1. The molecule has 6 nitrogen and oxygen atoms in total. The lowest BCUT2D eigenvalue weighted by atomic mass is 9.94.